The quantitative estimate of drug-likeness (QED) is 0.550. The summed E-state index contributed by atoms with van der Waals surface area (Å²) >= 11 is 0. The number of aliphatic hydroxyl groups is 1. The van der Waals surface area contributed by atoms with Crippen LogP contribution in [-0.4, -0.2) is 14.7 Å². The van der Waals surface area contributed by atoms with E-state index in [9.17, 15) is 5.21 Å². The van der Waals surface area contributed by atoms with Crippen molar-refractivity contribution >= 4 is 5.95 Å². The first-order chi connectivity index (χ1) is 5.16. The Kier molecular flexibility index (Phi) is 2.23. The molecule has 1 unspecified atom stereocenters. The van der Waals surface area contributed by atoms with Crippen LogP contribution in [0.15, 0.2) is 6.20 Å². The summed E-state index contributed by atoms with van der Waals surface area (Å²) in [6.45, 7) is 1.63. The van der Waals surface area contributed by atoms with Crippen LogP contribution in [0.25, 0.3) is 0 Å². The topological polar surface area (TPSA) is 77.7 Å². The van der Waals surface area contributed by atoms with Gasteiger partial charge in [-0.3, -0.25) is 4.57 Å². The van der Waals surface area contributed by atoms with Gasteiger partial charge in [0.15, 0.2) is 0 Å². The van der Waals surface area contributed by atoms with Crippen molar-refractivity contribution in [2.45, 2.75) is 13.0 Å². The molecule has 11 heavy (non-hydrogen) atoms. The highest BCUT2D eigenvalue weighted by molar-refractivity contribution is 5.14. The lowest BCUT2D eigenvalue weighted by atomic mass is 10.3. The smallest absolute Gasteiger partial charge is 0.305 e. The number of quaternary nitrogens is 1. The van der Waals surface area contributed by atoms with Crippen LogP contribution >= 0.6 is 0 Å². The molecule has 3 N–H and O–H groups in total. The van der Waals surface area contributed by atoms with Gasteiger partial charge in [0, 0.05) is 7.05 Å². The van der Waals surface area contributed by atoms with E-state index >= 15 is 0 Å². The van der Waals surface area contributed by atoms with Gasteiger partial charge in [0.2, 0.25) is 0 Å². The minimum atomic E-state index is -0.582. The number of nitrogens with zero attached hydrogens (tertiary/aromatic N) is 2. The normalized spacial score (nSPS) is 13.5. The Balaban J connectivity index is 3.00. The zero-order valence-corrected chi connectivity index (χ0v) is 6.48. The molecular weight excluding hydrogens is 146 g/mol. The van der Waals surface area contributed by atoms with Crippen molar-refractivity contribution in [1.29, 1.82) is 0 Å². The lowest BCUT2D eigenvalue weighted by Gasteiger charge is -2.05. The zero-order chi connectivity index (χ0) is 8.43. The van der Waals surface area contributed by atoms with E-state index in [0.717, 1.165) is 0 Å². The SMILES string of the molecule is CC(O)c1cnc([NH2+][O-])n1C. The van der Waals surface area contributed by atoms with Gasteiger partial charge in [-0.15, -0.1) is 0 Å². The third-order valence-corrected chi connectivity index (χ3v) is 1.59. The van der Waals surface area contributed by atoms with Gasteiger partial charge in [-0.25, -0.2) is 0 Å². The van der Waals surface area contributed by atoms with Crippen molar-refractivity contribution in [3.63, 3.8) is 0 Å². The molecule has 1 aromatic heterocycles. The molecule has 0 aliphatic rings. The van der Waals surface area contributed by atoms with Crippen molar-refractivity contribution in [1.82, 2.24) is 9.55 Å². The number of aliphatic hydroxyl groups excluding tert-OH is 1. The van der Waals surface area contributed by atoms with E-state index in [1.165, 1.54) is 6.20 Å². The molecule has 0 amide bonds. The summed E-state index contributed by atoms with van der Waals surface area (Å²) < 4.78 is 1.57. The third kappa shape index (κ3) is 1.40. The van der Waals surface area contributed by atoms with Crippen LogP contribution in [0.2, 0.25) is 0 Å². The average molecular weight is 157 g/mol. The molecule has 5 nitrogen and oxygen atoms in total. The Morgan fingerprint density at radius 2 is 2.45 bits per heavy atom. The Bertz CT molecular complexity index is 244. The summed E-state index contributed by atoms with van der Waals surface area (Å²) in [6, 6.07) is 0. The third-order valence-electron chi connectivity index (χ3n) is 1.59. The highest BCUT2D eigenvalue weighted by Crippen LogP contribution is 2.12. The molecule has 0 saturated heterocycles. The average Bonchev–Trinajstić information content (AvgIpc) is 2.30. The van der Waals surface area contributed by atoms with Gasteiger partial charge in [-0.1, -0.05) is 0 Å². The van der Waals surface area contributed by atoms with Gasteiger partial charge in [-0.05, 0) is 6.92 Å². The summed E-state index contributed by atoms with van der Waals surface area (Å²) in [7, 11) is 1.69. The highest BCUT2D eigenvalue weighted by atomic mass is 16.5. The Morgan fingerprint density at radius 1 is 1.82 bits per heavy atom. The number of aromatic nitrogens is 2. The van der Waals surface area contributed by atoms with E-state index in [-0.39, 0.29) is 0 Å². The van der Waals surface area contributed by atoms with Gasteiger partial charge in [0.1, 0.15) is 0 Å². The van der Waals surface area contributed by atoms with Crippen LogP contribution < -0.4 is 5.48 Å². The number of hydrogen-bond donors (Lipinski definition) is 2. The second kappa shape index (κ2) is 3.00. The van der Waals surface area contributed by atoms with E-state index in [1.54, 1.807) is 18.5 Å². The summed E-state index contributed by atoms with van der Waals surface area (Å²) in [5.41, 5.74) is 1.30. The fourth-order valence-electron chi connectivity index (χ4n) is 0.935. The second-order valence-electron chi connectivity index (χ2n) is 2.39. The summed E-state index contributed by atoms with van der Waals surface area (Å²) in [6.07, 6.45) is 0.912. The van der Waals surface area contributed by atoms with Crippen molar-refractivity contribution in [2.75, 3.05) is 0 Å². The van der Waals surface area contributed by atoms with Crippen LogP contribution in [0.1, 0.15) is 18.7 Å². The summed E-state index contributed by atoms with van der Waals surface area (Å²) in [5, 5.41) is 19.4. The molecule has 0 aromatic carbocycles. The predicted molar refractivity (Wildman–Crippen MR) is 38.8 cm³/mol. The van der Waals surface area contributed by atoms with E-state index in [2.05, 4.69) is 4.98 Å². The molecule has 0 spiro atoms. The zero-order valence-electron chi connectivity index (χ0n) is 6.48. The van der Waals surface area contributed by atoms with Crippen LogP contribution in [0.5, 0.6) is 0 Å². The summed E-state index contributed by atoms with van der Waals surface area (Å²) in [4.78, 5) is 3.79. The van der Waals surface area contributed by atoms with Gasteiger partial charge >= 0.3 is 5.95 Å². The lowest BCUT2D eigenvalue weighted by molar-refractivity contribution is -0.507. The maximum absolute atomic E-state index is 10.3. The minimum Gasteiger partial charge on any atom is -0.628 e. The van der Waals surface area contributed by atoms with Crippen LogP contribution in [0.3, 0.4) is 0 Å². The van der Waals surface area contributed by atoms with Crippen LogP contribution in [0, 0.1) is 5.21 Å². The monoisotopic (exact) mass is 157 g/mol. The largest absolute Gasteiger partial charge is 0.628 e. The van der Waals surface area contributed by atoms with E-state index < -0.39 is 6.10 Å². The van der Waals surface area contributed by atoms with Gasteiger partial charge in [0.05, 0.1) is 18.0 Å². The maximum atomic E-state index is 10.3. The number of rotatable bonds is 2. The van der Waals surface area contributed by atoms with Crippen molar-refractivity contribution in [3.8, 4) is 0 Å². The first-order valence-electron chi connectivity index (χ1n) is 3.31. The Labute approximate surface area is 64.3 Å². The molecule has 0 aliphatic carbocycles. The molecule has 0 fully saturated rings. The molecule has 0 aliphatic heterocycles. The molecule has 1 atom stereocenters. The van der Waals surface area contributed by atoms with Gasteiger partial charge in [0.25, 0.3) is 0 Å². The molecule has 62 valence electrons. The fraction of sp³-hybridized carbons (Fsp3) is 0.500. The van der Waals surface area contributed by atoms with Gasteiger partial charge < -0.3 is 15.8 Å². The van der Waals surface area contributed by atoms with E-state index in [0.29, 0.717) is 17.1 Å². The molecule has 1 aromatic rings. The van der Waals surface area contributed by atoms with Gasteiger partial charge in [-0.2, -0.15) is 4.98 Å². The Hall–Kier alpha value is -0.910. The first-order valence-corrected chi connectivity index (χ1v) is 3.31. The second-order valence-corrected chi connectivity index (χ2v) is 2.39. The predicted octanol–water partition coefficient (Wildman–Crippen LogP) is -0.834. The fourth-order valence-corrected chi connectivity index (χ4v) is 0.935. The molecule has 1 heterocycles. The first kappa shape index (κ1) is 8.19. The molecule has 0 bridgehead atoms. The molecule has 0 saturated carbocycles. The van der Waals surface area contributed by atoms with Crippen molar-refractivity contribution in [3.05, 3.63) is 17.1 Å². The molecule has 1 rings (SSSR count). The number of nitrogens with two attached hydrogens (primary N) is 1. The number of imidazole rings is 1. The standard InChI is InChI=1S/C6H11N3O2/c1-4(10)5-3-7-6(8-11)9(5)2/h3-4,10H,8H2,1-2H3. The molecule has 5 heteroatoms. The van der Waals surface area contributed by atoms with Crippen LogP contribution in [-0.2, 0) is 7.05 Å². The van der Waals surface area contributed by atoms with E-state index in [4.69, 9.17) is 5.11 Å². The van der Waals surface area contributed by atoms with Crippen molar-refractivity contribution in [2.24, 2.45) is 7.05 Å². The Morgan fingerprint density at radius 3 is 2.73 bits per heavy atom. The lowest BCUT2D eigenvalue weighted by Crippen LogP contribution is -2.71. The summed E-state index contributed by atoms with van der Waals surface area (Å²) in [5.74, 6) is 0.334. The van der Waals surface area contributed by atoms with Crippen molar-refractivity contribution < 1.29 is 10.6 Å². The molecule has 0 radical (unpaired) electrons. The minimum absolute atomic E-state index is 0.334. The number of hydrogen-bond acceptors (Lipinski definition) is 3. The molecular formula is C6H11N3O2. The maximum Gasteiger partial charge on any atom is 0.305 e. The highest BCUT2D eigenvalue weighted by Gasteiger charge is 2.10. The van der Waals surface area contributed by atoms with Crippen LogP contribution in [0.4, 0.5) is 5.95 Å². The van der Waals surface area contributed by atoms with E-state index in [1.807, 2.05) is 0 Å².